The van der Waals surface area contributed by atoms with E-state index < -0.39 is 0 Å². The Kier molecular flexibility index (Phi) is 4.90. The van der Waals surface area contributed by atoms with Crippen LogP contribution in [0.5, 0.6) is 0 Å². The molecule has 1 N–H and O–H groups in total. The highest BCUT2D eigenvalue weighted by atomic mass is 16.5. The molecule has 2 saturated heterocycles. The van der Waals surface area contributed by atoms with E-state index in [4.69, 9.17) is 4.74 Å². The minimum atomic E-state index is 0.239. The minimum absolute atomic E-state index is 0.239. The molecule has 2 aliphatic rings. The van der Waals surface area contributed by atoms with Crippen molar-refractivity contribution in [2.24, 2.45) is 5.92 Å². The average molecular weight is 200 g/mol. The zero-order chi connectivity index (χ0) is 10.4. The van der Waals surface area contributed by atoms with Crippen LogP contribution in [0.2, 0.25) is 0 Å². The van der Waals surface area contributed by atoms with Crippen LogP contribution in [0.1, 0.15) is 13.8 Å². The van der Waals surface area contributed by atoms with Crippen LogP contribution in [-0.2, 0) is 9.53 Å². The number of hydrogen-bond acceptors (Lipinski definition) is 3. The number of rotatable bonds is 1. The van der Waals surface area contributed by atoms with E-state index in [1.54, 1.807) is 0 Å². The Labute approximate surface area is 85.6 Å². The molecule has 14 heavy (non-hydrogen) atoms. The summed E-state index contributed by atoms with van der Waals surface area (Å²) in [6.45, 7) is 8.66. The summed E-state index contributed by atoms with van der Waals surface area (Å²) in [5.41, 5.74) is 0. The minimum Gasteiger partial charge on any atom is -0.378 e. The molecule has 4 nitrogen and oxygen atoms in total. The van der Waals surface area contributed by atoms with E-state index in [1.807, 2.05) is 18.7 Å². The maximum atomic E-state index is 11.6. The van der Waals surface area contributed by atoms with E-state index in [0.29, 0.717) is 19.1 Å². The average Bonchev–Trinajstić information content (AvgIpc) is 2.20. The molecule has 4 heteroatoms. The standard InChI is InChI=1S/C8H14N2O2.C2H6/c11-8(7-5-9-6-7)10-1-3-12-4-2-10;1-2/h7,9H,1-6H2;1-2H3. The number of nitrogens with one attached hydrogen (secondary N) is 1. The topological polar surface area (TPSA) is 41.6 Å². The van der Waals surface area contributed by atoms with E-state index in [9.17, 15) is 4.79 Å². The van der Waals surface area contributed by atoms with Crippen LogP contribution in [0.3, 0.4) is 0 Å². The number of carbonyl (C=O) groups excluding carboxylic acids is 1. The molecule has 0 radical (unpaired) electrons. The quantitative estimate of drug-likeness (QED) is 0.652. The highest BCUT2D eigenvalue weighted by Gasteiger charge is 2.29. The largest absolute Gasteiger partial charge is 0.378 e. The molecular weight excluding hydrogens is 180 g/mol. The predicted molar refractivity (Wildman–Crippen MR) is 55.1 cm³/mol. The normalized spacial score (nSPS) is 22.0. The second kappa shape index (κ2) is 5.98. The maximum Gasteiger partial charge on any atom is 0.228 e. The molecular formula is C10H20N2O2. The molecule has 2 fully saturated rings. The highest BCUT2D eigenvalue weighted by molar-refractivity contribution is 5.80. The molecule has 0 unspecified atom stereocenters. The van der Waals surface area contributed by atoms with Gasteiger partial charge < -0.3 is 15.0 Å². The number of amides is 1. The van der Waals surface area contributed by atoms with Crippen molar-refractivity contribution in [3.63, 3.8) is 0 Å². The SMILES string of the molecule is CC.O=C(C1CNC1)N1CCOCC1. The van der Waals surface area contributed by atoms with E-state index in [-0.39, 0.29) is 5.92 Å². The fraction of sp³-hybridized carbons (Fsp3) is 0.900. The van der Waals surface area contributed by atoms with E-state index in [1.165, 1.54) is 0 Å². The van der Waals surface area contributed by atoms with Gasteiger partial charge in [-0.05, 0) is 0 Å². The molecule has 0 aromatic heterocycles. The summed E-state index contributed by atoms with van der Waals surface area (Å²) in [5.74, 6) is 0.542. The van der Waals surface area contributed by atoms with Gasteiger partial charge in [0.25, 0.3) is 0 Å². The summed E-state index contributed by atoms with van der Waals surface area (Å²) in [4.78, 5) is 13.5. The first kappa shape index (κ1) is 11.5. The first-order chi connectivity index (χ1) is 6.88. The molecule has 0 aromatic rings. The Morgan fingerprint density at radius 3 is 2.29 bits per heavy atom. The Bertz CT molecular complexity index is 175. The maximum absolute atomic E-state index is 11.6. The number of nitrogens with zero attached hydrogens (tertiary/aromatic N) is 1. The van der Waals surface area contributed by atoms with Gasteiger partial charge in [0.15, 0.2) is 0 Å². The van der Waals surface area contributed by atoms with Gasteiger partial charge in [0.05, 0.1) is 19.1 Å². The van der Waals surface area contributed by atoms with Crippen molar-refractivity contribution in [3.8, 4) is 0 Å². The number of morpholine rings is 1. The van der Waals surface area contributed by atoms with Gasteiger partial charge >= 0.3 is 0 Å². The Morgan fingerprint density at radius 2 is 1.86 bits per heavy atom. The molecule has 82 valence electrons. The van der Waals surface area contributed by atoms with Gasteiger partial charge in [-0.2, -0.15) is 0 Å². The van der Waals surface area contributed by atoms with Crippen LogP contribution in [0.15, 0.2) is 0 Å². The van der Waals surface area contributed by atoms with Crippen LogP contribution in [0.4, 0.5) is 0 Å². The second-order valence-corrected chi connectivity index (χ2v) is 3.29. The monoisotopic (exact) mass is 200 g/mol. The summed E-state index contributed by atoms with van der Waals surface area (Å²) in [5, 5.41) is 3.10. The van der Waals surface area contributed by atoms with Gasteiger partial charge in [-0.25, -0.2) is 0 Å². The zero-order valence-electron chi connectivity index (χ0n) is 9.08. The van der Waals surface area contributed by atoms with Gasteiger partial charge in [-0.3, -0.25) is 4.79 Å². The molecule has 0 spiro atoms. The van der Waals surface area contributed by atoms with Gasteiger partial charge in [-0.15, -0.1) is 0 Å². The van der Waals surface area contributed by atoms with Crippen molar-refractivity contribution in [2.45, 2.75) is 13.8 Å². The molecule has 0 aliphatic carbocycles. The summed E-state index contributed by atoms with van der Waals surface area (Å²) in [6, 6.07) is 0. The summed E-state index contributed by atoms with van der Waals surface area (Å²) < 4.78 is 5.17. The van der Waals surface area contributed by atoms with Crippen LogP contribution >= 0.6 is 0 Å². The van der Waals surface area contributed by atoms with Crippen LogP contribution in [-0.4, -0.2) is 50.2 Å². The van der Waals surface area contributed by atoms with Gasteiger partial charge in [0.2, 0.25) is 5.91 Å². The van der Waals surface area contributed by atoms with E-state index in [0.717, 1.165) is 26.2 Å². The lowest BCUT2D eigenvalue weighted by Crippen LogP contribution is -2.54. The third kappa shape index (κ3) is 2.69. The van der Waals surface area contributed by atoms with Gasteiger partial charge in [-0.1, -0.05) is 13.8 Å². The Hall–Kier alpha value is -0.610. The number of carbonyl (C=O) groups is 1. The van der Waals surface area contributed by atoms with E-state index in [2.05, 4.69) is 5.32 Å². The lowest BCUT2D eigenvalue weighted by Gasteiger charge is -2.34. The smallest absolute Gasteiger partial charge is 0.228 e. The Balaban J connectivity index is 0.000000461. The number of ether oxygens (including phenoxy) is 1. The van der Waals surface area contributed by atoms with Crippen molar-refractivity contribution >= 4 is 5.91 Å². The molecule has 1 amide bonds. The summed E-state index contributed by atoms with van der Waals surface area (Å²) in [6.07, 6.45) is 0. The molecule has 2 heterocycles. The van der Waals surface area contributed by atoms with Crippen LogP contribution in [0, 0.1) is 5.92 Å². The predicted octanol–water partition coefficient (Wildman–Crippen LogP) is 0.0908. The molecule has 0 bridgehead atoms. The third-order valence-electron chi connectivity index (χ3n) is 2.45. The van der Waals surface area contributed by atoms with E-state index >= 15 is 0 Å². The van der Waals surface area contributed by atoms with Crippen LogP contribution < -0.4 is 5.32 Å². The van der Waals surface area contributed by atoms with Gasteiger partial charge in [0.1, 0.15) is 0 Å². The van der Waals surface area contributed by atoms with Crippen molar-refractivity contribution in [3.05, 3.63) is 0 Å². The lowest BCUT2D eigenvalue weighted by molar-refractivity contribution is -0.141. The summed E-state index contributed by atoms with van der Waals surface area (Å²) >= 11 is 0. The summed E-state index contributed by atoms with van der Waals surface area (Å²) in [7, 11) is 0. The zero-order valence-corrected chi connectivity index (χ0v) is 9.08. The third-order valence-corrected chi connectivity index (χ3v) is 2.45. The van der Waals surface area contributed by atoms with Crippen LogP contribution in [0.25, 0.3) is 0 Å². The Morgan fingerprint density at radius 1 is 1.29 bits per heavy atom. The fourth-order valence-electron chi connectivity index (χ4n) is 1.51. The van der Waals surface area contributed by atoms with Crippen molar-refractivity contribution < 1.29 is 9.53 Å². The first-order valence-electron chi connectivity index (χ1n) is 5.45. The van der Waals surface area contributed by atoms with Gasteiger partial charge in [0, 0.05) is 26.2 Å². The van der Waals surface area contributed by atoms with Crippen molar-refractivity contribution in [1.29, 1.82) is 0 Å². The lowest BCUT2D eigenvalue weighted by atomic mass is 10.0. The number of hydrogen-bond donors (Lipinski definition) is 1. The van der Waals surface area contributed by atoms with Crippen molar-refractivity contribution in [1.82, 2.24) is 10.2 Å². The highest BCUT2D eigenvalue weighted by Crippen LogP contribution is 2.09. The second-order valence-electron chi connectivity index (χ2n) is 3.29. The molecule has 2 rings (SSSR count). The molecule has 2 aliphatic heterocycles. The van der Waals surface area contributed by atoms with Crippen molar-refractivity contribution in [2.75, 3.05) is 39.4 Å². The fourth-order valence-corrected chi connectivity index (χ4v) is 1.51. The molecule has 0 saturated carbocycles. The molecule has 0 atom stereocenters. The molecule has 0 aromatic carbocycles. The first-order valence-corrected chi connectivity index (χ1v) is 5.45.